The van der Waals surface area contributed by atoms with E-state index in [1.807, 2.05) is 0 Å². The molecule has 0 spiro atoms. The second kappa shape index (κ2) is 18.2. The lowest BCUT2D eigenvalue weighted by atomic mass is 9.96. The van der Waals surface area contributed by atoms with E-state index in [0.29, 0.717) is 0 Å². The number of rotatable bonds is 8. The van der Waals surface area contributed by atoms with Crippen molar-refractivity contribution in [3.05, 3.63) is 291 Å². The van der Waals surface area contributed by atoms with Gasteiger partial charge >= 0.3 is 0 Å². The lowest BCUT2D eigenvalue weighted by Crippen LogP contribution is -2.04. The van der Waals surface area contributed by atoms with Crippen LogP contribution in [0.1, 0.15) is 0 Å². The molecule has 17 aromatic rings. The van der Waals surface area contributed by atoms with Gasteiger partial charge < -0.3 is 0 Å². The average Bonchev–Trinajstić information content (AvgIpc) is 4.36. The van der Waals surface area contributed by atoms with E-state index in [-0.39, 0.29) is 0 Å². The molecule has 0 aliphatic heterocycles. The number of nitrogens with zero attached hydrogens (tertiary/aromatic N) is 6. The molecule has 6 heteroatoms. The predicted molar refractivity (Wildman–Crippen MR) is 341 cm³/mol. The Morgan fingerprint density at radius 3 is 0.610 bits per heavy atom. The van der Waals surface area contributed by atoms with Gasteiger partial charge in [0.1, 0.15) is 23.3 Å². The van der Waals surface area contributed by atoms with Gasteiger partial charge in [-0.25, -0.2) is 9.97 Å². The van der Waals surface area contributed by atoms with E-state index < -0.39 is 0 Å². The minimum absolute atomic E-state index is 0.864. The topological polar surface area (TPSA) is 45.5 Å². The first kappa shape index (κ1) is 45.9. The Bertz CT molecular complexity index is 4920. The van der Waals surface area contributed by atoms with E-state index in [9.17, 15) is 0 Å². The van der Waals surface area contributed by atoms with E-state index >= 15 is 0 Å². The van der Waals surface area contributed by atoms with E-state index in [0.717, 1.165) is 112 Å². The number of benzene rings is 11. The Hall–Kier alpha value is -11.1. The standard InChI is InChI=1S/C76H48N6/c1-9-28-65-57(20-1)58-21-2-10-29-66(58)79(65)73-45-55(46-74(77-73)80-67-30-11-3-22-59(67)60-23-4-12-31-68(60)80)52-42-38-50(39-43-52)49-36-40-51(41-37-49)53-18-17-19-54(44-53)56-47-75(81-69-32-13-5-24-61(69)62-25-6-14-33-70(62)81)78-76(48-56)82-71-34-15-7-26-63(71)64-27-8-16-35-72(64)82/h1-48H. The normalized spacial score (nSPS) is 11.9. The minimum atomic E-state index is 0.864. The number of para-hydroxylation sites is 8. The summed E-state index contributed by atoms with van der Waals surface area (Å²) in [6.07, 6.45) is 0. The predicted octanol–water partition coefficient (Wildman–Crippen LogP) is 19.5. The van der Waals surface area contributed by atoms with Crippen molar-refractivity contribution >= 4 is 87.2 Å². The molecular formula is C76H48N6. The second-order valence-electron chi connectivity index (χ2n) is 21.4. The number of hydrogen-bond acceptors (Lipinski definition) is 2. The van der Waals surface area contributed by atoms with Crippen molar-refractivity contribution in [1.29, 1.82) is 0 Å². The summed E-state index contributed by atoms with van der Waals surface area (Å²) in [4.78, 5) is 11.1. The molecule has 6 heterocycles. The first-order chi connectivity index (χ1) is 40.7. The van der Waals surface area contributed by atoms with Crippen LogP contribution in [0, 0.1) is 0 Å². The Labute approximate surface area is 471 Å². The van der Waals surface area contributed by atoms with Crippen LogP contribution >= 0.6 is 0 Å². The van der Waals surface area contributed by atoms with Crippen molar-refractivity contribution in [1.82, 2.24) is 28.2 Å². The van der Waals surface area contributed by atoms with Gasteiger partial charge in [-0.2, -0.15) is 0 Å². The molecule has 0 saturated carbocycles. The molecule has 0 saturated heterocycles. The van der Waals surface area contributed by atoms with Crippen LogP contribution in [-0.2, 0) is 0 Å². The minimum Gasteiger partial charge on any atom is -0.294 e. The molecule has 11 aromatic carbocycles. The summed E-state index contributed by atoms with van der Waals surface area (Å²) in [5.41, 5.74) is 18.0. The zero-order valence-corrected chi connectivity index (χ0v) is 44.4. The first-order valence-electron chi connectivity index (χ1n) is 28.0. The highest BCUT2D eigenvalue weighted by molar-refractivity contribution is 6.12. The monoisotopic (exact) mass is 1040 g/mol. The molecule has 0 fully saturated rings. The lowest BCUT2D eigenvalue weighted by molar-refractivity contribution is 1.01. The smallest absolute Gasteiger partial charge is 0.140 e. The zero-order valence-electron chi connectivity index (χ0n) is 44.4. The van der Waals surface area contributed by atoms with Gasteiger partial charge in [0.25, 0.3) is 0 Å². The van der Waals surface area contributed by atoms with Crippen molar-refractivity contribution in [2.45, 2.75) is 0 Å². The molecule has 0 atom stereocenters. The van der Waals surface area contributed by atoms with Crippen LogP contribution in [0.3, 0.4) is 0 Å². The highest BCUT2D eigenvalue weighted by Gasteiger charge is 2.21. The largest absolute Gasteiger partial charge is 0.294 e. The van der Waals surface area contributed by atoms with Gasteiger partial charge in [0.05, 0.1) is 44.1 Å². The molecule has 0 unspecified atom stereocenters. The third-order valence-corrected chi connectivity index (χ3v) is 16.8. The van der Waals surface area contributed by atoms with Gasteiger partial charge in [-0.1, -0.05) is 212 Å². The number of pyridine rings is 2. The molecule has 0 amide bonds. The van der Waals surface area contributed by atoms with Gasteiger partial charge in [-0.15, -0.1) is 0 Å². The van der Waals surface area contributed by atoms with Gasteiger partial charge in [-0.3, -0.25) is 18.3 Å². The van der Waals surface area contributed by atoms with Crippen molar-refractivity contribution in [3.63, 3.8) is 0 Å². The molecule has 0 radical (unpaired) electrons. The van der Waals surface area contributed by atoms with Crippen molar-refractivity contribution in [2.75, 3.05) is 0 Å². The number of hydrogen-bond donors (Lipinski definition) is 0. The Morgan fingerprint density at radius 2 is 0.354 bits per heavy atom. The highest BCUT2D eigenvalue weighted by atomic mass is 15.1. The molecule has 0 aliphatic rings. The Morgan fingerprint density at radius 1 is 0.159 bits per heavy atom. The average molecular weight is 1050 g/mol. The van der Waals surface area contributed by atoms with Crippen LogP contribution in [0.4, 0.5) is 0 Å². The summed E-state index contributed by atoms with van der Waals surface area (Å²) < 4.78 is 9.30. The molecule has 0 N–H and O–H groups in total. The van der Waals surface area contributed by atoms with Crippen LogP contribution in [-0.4, -0.2) is 28.2 Å². The quantitative estimate of drug-likeness (QED) is 0.152. The molecule has 82 heavy (non-hydrogen) atoms. The molecule has 17 rings (SSSR count). The zero-order chi connectivity index (χ0) is 53.8. The molecular weight excluding hydrogens is 997 g/mol. The summed E-state index contributed by atoms with van der Waals surface area (Å²) in [7, 11) is 0. The SMILES string of the molecule is c1cc(-c2ccc(-c3ccc(-c4cc(-n5c6ccccc6c6ccccc65)nc(-n5c6ccccc6c6ccccc65)c4)cc3)cc2)cc(-c2cc(-n3c4ccccc4c4ccccc43)nc(-n3c4ccccc4c4ccccc43)c2)c1. The fourth-order valence-corrected chi connectivity index (χ4v) is 13.1. The van der Waals surface area contributed by atoms with Crippen LogP contribution in [0.25, 0.3) is 155 Å². The lowest BCUT2D eigenvalue weighted by Gasteiger charge is -2.15. The first-order valence-corrected chi connectivity index (χ1v) is 28.0. The molecule has 0 bridgehead atoms. The molecule has 382 valence electrons. The highest BCUT2D eigenvalue weighted by Crippen LogP contribution is 2.40. The Balaban J connectivity index is 0.751. The summed E-state index contributed by atoms with van der Waals surface area (Å²) >= 11 is 0. The maximum absolute atomic E-state index is 5.58. The van der Waals surface area contributed by atoms with Crippen molar-refractivity contribution < 1.29 is 0 Å². The van der Waals surface area contributed by atoms with Crippen LogP contribution in [0.15, 0.2) is 291 Å². The maximum atomic E-state index is 5.58. The molecule has 6 aromatic heterocycles. The molecule has 0 aliphatic carbocycles. The second-order valence-corrected chi connectivity index (χ2v) is 21.4. The van der Waals surface area contributed by atoms with Crippen LogP contribution in [0.5, 0.6) is 0 Å². The van der Waals surface area contributed by atoms with Gasteiger partial charge in [0, 0.05) is 43.1 Å². The van der Waals surface area contributed by atoms with Gasteiger partial charge in [-0.05, 0) is 123 Å². The fourth-order valence-electron chi connectivity index (χ4n) is 13.1. The summed E-state index contributed by atoms with van der Waals surface area (Å²) in [6, 6.07) is 105. The summed E-state index contributed by atoms with van der Waals surface area (Å²) in [6.45, 7) is 0. The van der Waals surface area contributed by atoms with Crippen LogP contribution < -0.4 is 0 Å². The third kappa shape index (κ3) is 7.15. The Kier molecular flexibility index (Phi) is 10.2. The number of aromatic nitrogens is 6. The molecule has 6 nitrogen and oxygen atoms in total. The van der Waals surface area contributed by atoms with Crippen molar-refractivity contribution in [2.24, 2.45) is 0 Å². The van der Waals surface area contributed by atoms with E-state index in [1.54, 1.807) is 0 Å². The van der Waals surface area contributed by atoms with Gasteiger partial charge in [0.15, 0.2) is 0 Å². The summed E-state index contributed by atoms with van der Waals surface area (Å²) in [5.74, 6) is 3.46. The fraction of sp³-hybridized carbons (Fsp3) is 0. The third-order valence-electron chi connectivity index (χ3n) is 16.8. The van der Waals surface area contributed by atoms with E-state index in [1.165, 1.54) is 43.1 Å². The van der Waals surface area contributed by atoms with Crippen LogP contribution in [0.2, 0.25) is 0 Å². The van der Waals surface area contributed by atoms with E-state index in [4.69, 9.17) is 9.97 Å². The maximum Gasteiger partial charge on any atom is 0.140 e. The van der Waals surface area contributed by atoms with E-state index in [2.05, 4.69) is 309 Å². The summed E-state index contributed by atoms with van der Waals surface area (Å²) in [5, 5.41) is 9.63. The number of fused-ring (bicyclic) bond motifs is 12. The van der Waals surface area contributed by atoms with Crippen molar-refractivity contribution in [3.8, 4) is 67.8 Å². The van der Waals surface area contributed by atoms with Gasteiger partial charge in [0.2, 0.25) is 0 Å².